The number of nitrogens with one attached hydrogen (secondary N) is 1. The summed E-state index contributed by atoms with van der Waals surface area (Å²) in [7, 11) is 0. The number of hydrogen-bond donors (Lipinski definition) is 2. The minimum absolute atomic E-state index is 0. The van der Waals surface area contributed by atoms with Crippen LogP contribution in [0.3, 0.4) is 0 Å². The Labute approximate surface area is 132 Å². The van der Waals surface area contributed by atoms with Crippen molar-refractivity contribution in [2.45, 2.75) is 18.6 Å². The summed E-state index contributed by atoms with van der Waals surface area (Å²) >= 11 is 0. The average Bonchev–Trinajstić information content (AvgIpc) is 2.45. The quantitative estimate of drug-likeness (QED) is 0.826. The molecule has 1 saturated heterocycles. The molecule has 0 radical (unpaired) electrons. The summed E-state index contributed by atoms with van der Waals surface area (Å²) in [4.78, 5) is 1.79. The monoisotopic (exact) mass is 342 g/mol. The molecule has 126 valence electrons. The number of benzene rings is 1. The first-order valence-electron chi connectivity index (χ1n) is 6.86. The van der Waals surface area contributed by atoms with Crippen LogP contribution in [0.15, 0.2) is 18.2 Å². The van der Waals surface area contributed by atoms with Crippen LogP contribution in [-0.2, 0) is 6.18 Å². The highest BCUT2D eigenvalue weighted by Crippen LogP contribution is 2.38. The van der Waals surface area contributed by atoms with Crippen LogP contribution in [0.1, 0.15) is 23.6 Å². The summed E-state index contributed by atoms with van der Waals surface area (Å²) in [5, 5.41) is 12.3. The molecule has 0 unspecified atom stereocenters. The Morgan fingerprint density at radius 3 is 2.41 bits per heavy atom. The van der Waals surface area contributed by atoms with E-state index in [1.165, 1.54) is 0 Å². The van der Waals surface area contributed by atoms with Crippen molar-refractivity contribution in [1.82, 2.24) is 10.2 Å². The fourth-order valence-electron chi connectivity index (χ4n) is 2.75. The Morgan fingerprint density at radius 1 is 1.23 bits per heavy atom. The maximum atomic E-state index is 14.1. The first-order valence-corrected chi connectivity index (χ1v) is 6.86. The highest BCUT2D eigenvalue weighted by atomic mass is 35.5. The summed E-state index contributed by atoms with van der Waals surface area (Å²) in [5.41, 5.74) is -1.32. The van der Waals surface area contributed by atoms with Crippen molar-refractivity contribution in [3.63, 3.8) is 0 Å². The molecule has 1 aliphatic rings. The van der Waals surface area contributed by atoms with Gasteiger partial charge in [0.05, 0.1) is 5.56 Å². The second kappa shape index (κ2) is 8.10. The average molecular weight is 343 g/mol. The Hall–Kier alpha value is -0.890. The van der Waals surface area contributed by atoms with E-state index in [9.17, 15) is 17.6 Å². The molecular weight excluding hydrogens is 324 g/mol. The van der Waals surface area contributed by atoms with Crippen LogP contribution in [0.25, 0.3) is 0 Å². The van der Waals surface area contributed by atoms with Crippen LogP contribution in [-0.4, -0.2) is 42.8 Å². The first kappa shape index (κ1) is 19.2. The molecule has 0 saturated carbocycles. The molecule has 0 aromatic heterocycles. The lowest BCUT2D eigenvalue weighted by atomic mass is 9.95. The lowest BCUT2D eigenvalue weighted by molar-refractivity contribution is -0.139. The van der Waals surface area contributed by atoms with Crippen LogP contribution in [0, 0.1) is 5.82 Å². The van der Waals surface area contributed by atoms with Crippen LogP contribution in [0.4, 0.5) is 17.6 Å². The van der Waals surface area contributed by atoms with Gasteiger partial charge in [-0.2, -0.15) is 13.2 Å². The van der Waals surface area contributed by atoms with Gasteiger partial charge in [0.15, 0.2) is 0 Å². The highest BCUT2D eigenvalue weighted by molar-refractivity contribution is 5.85. The van der Waals surface area contributed by atoms with Gasteiger partial charge in [0.2, 0.25) is 0 Å². The van der Waals surface area contributed by atoms with Gasteiger partial charge in [0.25, 0.3) is 0 Å². The molecule has 8 heteroatoms. The van der Waals surface area contributed by atoms with Crippen molar-refractivity contribution in [1.29, 1.82) is 0 Å². The third-order valence-corrected chi connectivity index (χ3v) is 3.69. The highest BCUT2D eigenvalue weighted by Gasteiger charge is 2.38. The third kappa shape index (κ3) is 4.32. The van der Waals surface area contributed by atoms with Crippen LogP contribution >= 0.6 is 12.4 Å². The number of piperazine rings is 1. The molecule has 22 heavy (non-hydrogen) atoms. The maximum absolute atomic E-state index is 14.1. The van der Waals surface area contributed by atoms with Gasteiger partial charge in [-0.25, -0.2) is 4.39 Å². The molecule has 2 rings (SSSR count). The van der Waals surface area contributed by atoms with Crippen LogP contribution in [0.5, 0.6) is 0 Å². The topological polar surface area (TPSA) is 35.5 Å². The van der Waals surface area contributed by atoms with Crippen LogP contribution in [0.2, 0.25) is 0 Å². The van der Waals surface area contributed by atoms with Gasteiger partial charge < -0.3 is 10.4 Å². The predicted molar refractivity (Wildman–Crippen MR) is 77.5 cm³/mol. The zero-order valence-electron chi connectivity index (χ0n) is 11.9. The first-order chi connectivity index (χ1) is 9.95. The SMILES string of the molecule is Cl.OCC[C@@H](c1c(F)cccc1C(F)(F)F)N1CCNCC1. The maximum Gasteiger partial charge on any atom is 0.416 e. The van der Waals surface area contributed by atoms with E-state index in [2.05, 4.69) is 5.32 Å². The molecule has 1 fully saturated rings. The smallest absolute Gasteiger partial charge is 0.396 e. The summed E-state index contributed by atoms with van der Waals surface area (Å²) in [5.74, 6) is -0.873. The van der Waals surface area contributed by atoms with E-state index >= 15 is 0 Å². The van der Waals surface area contributed by atoms with Crippen molar-refractivity contribution in [2.24, 2.45) is 0 Å². The molecule has 0 aliphatic carbocycles. The summed E-state index contributed by atoms with van der Waals surface area (Å²) < 4.78 is 53.5. The van der Waals surface area contributed by atoms with Gasteiger partial charge in [-0.05, 0) is 18.6 Å². The minimum atomic E-state index is -4.61. The number of halogens is 5. The van der Waals surface area contributed by atoms with E-state index < -0.39 is 23.6 Å². The van der Waals surface area contributed by atoms with Crippen molar-refractivity contribution in [3.05, 3.63) is 35.1 Å². The normalized spacial score (nSPS) is 17.9. The van der Waals surface area contributed by atoms with Gasteiger partial charge in [-0.15, -0.1) is 12.4 Å². The molecule has 3 nitrogen and oxygen atoms in total. The van der Waals surface area contributed by atoms with Gasteiger partial charge in [0, 0.05) is 44.4 Å². The number of aliphatic hydroxyl groups is 1. The van der Waals surface area contributed by atoms with Crippen molar-refractivity contribution < 1.29 is 22.7 Å². The number of rotatable bonds is 4. The molecule has 0 amide bonds. The second-order valence-electron chi connectivity index (χ2n) is 5.01. The lowest BCUT2D eigenvalue weighted by Gasteiger charge is -2.36. The van der Waals surface area contributed by atoms with Crippen molar-refractivity contribution >= 4 is 12.4 Å². The van der Waals surface area contributed by atoms with Crippen molar-refractivity contribution in [3.8, 4) is 0 Å². The summed E-state index contributed by atoms with van der Waals surface area (Å²) in [6, 6.07) is 2.23. The standard InChI is InChI=1S/C14H18F4N2O.ClH/c15-11-3-1-2-10(14(16,17)18)13(11)12(4-9-21)20-7-5-19-6-8-20;/h1-3,12,19,21H,4-9H2;1H/t12-;/m0./s1. The fourth-order valence-corrected chi connectivity index (χ4v) is 2.75. The van der Waals surface area contributed by atoms with E-state index in [-0.39, 0.29) is 31.0 Å². The minimum Gasteiger partial charge on any atom is -0.396 e. The molecule has 1 heterocycles. The molecule has 1 atom stereocenters. The lowest BCUT2D eigenvalue weighted by Crippen LogP contribution is -2.46. The molecule has 2 N–H and O–H groups in total. The van der Waals surface area contributed by atoms with E-state index in [1.807, 2.05) is 0 Å². The van der Waals surface area contributed by atoms with E-state index in [1.54, 1.807) is 4.90 Å². The third-order valence-electron chi connectivity index (χ3n) is 3.69. The Balaban J connectivity index is 0.00000242. The number of aliphatic hydroxyl groups excluding tert-OH is 1. The van der Waals surface area contributed by atoms with Gasteiger partial charge in [-0.1, -0.05) is 6.07 Å². The van der Waals surface area contributed by atoms with E-state index in [0.717, 1.165) is 18.2 Å². The molecule has 1 aromatic rings. The van der Waals surface area contributed by atoms with Crippen LogP contribution < -0.4 is 5.32 Å². The molecule has 0 spiro atoms. The zero-order chi connectivity index (χ0) is 15.5. The van der Waals surface area contributed by atoms with Gasteiger partial charge in [0.1, 0.15) is 5.82 Å². The Morgan fingerprint density at radius 2 is 1.86 bits per heavy atom. The zero-order valence-corrected chi connectivity index (χ0v) is 12.7. The molecule has 1 aromatic carbocycles. The fraction of sp³-hybridized carbons (Fsp3) is 0.571. The van der Waals surface area contributed by atoms with Crippen molar-refractivity contribution in [2.75, 3.05) is 32.8 Å². The Bertz CT molecular complexity index is 478. The van der Waals surface area contributed by atoms with Gasteiger partial charge >= 0.3 is 6.18 Å². The number of hydrogen-bond acceptors (Lipinski definition) is 3. The second-order valence-corrected chi connectivity index (χ2v) is 5.01. The predicted octanol–water partition coefficient (Wildman–Crippen LogP) is 2.60. The molecule has 0 bridgehead atoms. The largest absolute Gasteiger partial charge is 0.416 e. The number of nitrogens with zero attached hydrogens (tertiary/aromatic N) is 1. The van der Waals surface area contributed by atoms with E-state index in [0.29, 0.717) is 26.2 Å². The molecule has 1 aliphatic heterocycles. The number of alkyl halides is 3. The Kier molecular flexibility index (Phi) is 7.05. The molecular formula is C14H19ClF4N2O. The van der Waals surface area contributed by atoms with E-state index in [4.69, 9.17) is 5.11 Å². The van der Waals surface area contributed by atoms with Gasteiger partial charge in [-0.3, -0.25) is 4.90 Å². The summed E-state index contributed by atoms with van der Waals surface area (Å²) in [6.07, 6.45) is -4.54. The summed E-state index contributed by atoms with van der Waals surface area (Å²) in [6.45, 7) is 2.03.